The van der Waals surface area contributed by atoms with Gasteiger partial charge in [0.25, 0.3) is 0 Å². The number of ketones is 1. The summed E-state index contributed by atoms with van der Waals surface area (Å²) in [5, 5.41) is 11.6. The largest absolute Gasteiger partial charge is 0.464 e. The average molecular weight is 213 g/mol. The fourth-order valence-corrected chi connectivity index (χ4v) is 0.698. The molecule has 0 aliphatic heterocycles. The van der Waals surface area contributed by atoms with Crippen molar-refractivity contribution in [2.75, 3.05) is 13.7 Å². The fraction of sp³-hybridized carbons (Fsp3) is 0.500. The first kappa shape index (κ1) is 13.1. The molecule has 7 nitrogen and oxygen atoms in total. The summed E-state index contributed by atoms with van der Waals surface area (Å²) in [7, 11) is 1.17. The highest BCUT2D eigenvalue weighted by Gasteiger charge is 2.28. The summed E-state index contributed by atoms with van der Waals surface area (Å²) in [4.78, 5) is 26.6. The number of ether oxygens (including phenoxy) is 1. The molecule has 0 radical (unpaired) electrons. The lowest BCUT2D eigenvalue weighted by Gasteiger charge is -2.07. The number of nitrogens with zero attached hydrogens (tertiary/aromatic N) is 2. The minimum absolute atomic E-state index is 0.100. The van der Waals surface area contributed by atoms with E-state index in [9.17, 15) is 9.59 Å². The Balaban J connectivity index is 4.64. The molecule has 0 heterocycles. The molecule has 0 aromatic carbocycles. The summed E-state index contributed by atoms with van der Waals surface area (Å²) in [5.41, 5.74) is 4.67. The molecule has 0 saturated carbocycles. The lowest BCUT2D eigenvalue weighted by molar-refractivity contribution is -0.146. The Morgan fingerprint density at radius 2 is 2.20 bits per heavy atom. The van der Waals surface area contributed by atoms with Crippen molar-refractivity contribution < 1.29 is 19.2 Å². The Bertz CT molecular complexity index is 318. The van der Waals surface area contributed by atoms with Gasteiger partial charge in [-0.3, -0.25) is 4.79 Å². The molecule has 7 heteroatoms. The Labute approximate surface area is 86.4 Å². The maximum atomic E-state index is 11.3. The van der Waals surface area contributed by atoms with Gasteiger partial charge in [-0.2, -0.15) is 5.26 Å². The molecule has 0 aliphatic rings. The number of Topliss-reactive ketones (excluding diaryl/α,β-unsaturated/α-hetero) is 1. The van der Waals surface area contributed by atoms with Gasteiger partial charge in [0.15, 0.2) is 6.04 Å². The smallest absolute Gasteiger partial charge is 0.331 e. The second-order valence-electron chi connectivity index (χ2n) is 2.33. The summed E-state index contributed by atoms with van der Waals surface area (Å²) in [6.07, 6.45) is 0. The van der Waals surface area contributed by atoms with Crippen LogP contribution in [0.25, 0.3) is 0 Å². The number of nitriles is 1. The van der Waals surface area contributed by atoms with Gasteiger partial charge in [0.05, 0.1) is 6.61 Å². The van der Waals surface area contributed by atoms with Gasteiger partial charge in [-0.15, -0.1) is 0 Å². The molecule has 0 aliphatic carbocycles. The molecule has 1 unspecified atom stereocenters. The van der Waals surface area contributed by atoms with Crippen LogP contribution in [0.1, 0.15) is 6.92 Å². The quantitative estimate of drug-likeness (QED) is 0.270. The van der Waals surface area contributed by atoms with Crippen molar-refractivity contribution in [1.82, 2.24) is 0 Å². The van der Waals surface area contributed by atoms with Crippen LogP contribution in [0.5, 0.6) is 0 Å². The van der Waals surface area contributed by atoms with Crippen LogP contribution in [-0.4, -0.2) is 37.2 Å². The molecule has 82 valence electrons. The van der Waals surface area contributed by atoms with Gasteiger partial charge in [0.2, 0.25) is 11.5 Å². The standard InChI is InChI=1S/C8H11N3O4/c1-3-15-8(13)6(10)7(12)5(4-9)11-14-2/h6H,3,10H2,1-2H3. The van der Waals surface area contributed by atoms with Gasteiger partial charge in [-0.25, -0.2) is 4.79 Å². The maximum absolute atomic E-state index is 11.3. The summed E-state index contributed by atoms with van der Waals surface area (Å²) in [6.45, 7) is 1.67. The Morgan fingerprint density at radius 1 is 1.60 bits per heavy atom. The molecule has 2 N–H and O–H groups in total. The molecule has 0 amide bonds. The lowest BCUT2D eigenvalue weighted by Crippen LogP contribution is -2.43. The van der Waals surface area contributed by atoms with Crippen molar-refractivity contribution in [3.8, 4) is 6.07 Å². The van der Waals surface area contributed by atoms with Crippen molar-refractivity contribution in [3.05, 3.63) is 0 Å². The minimum Gasteiger partial charge on any atom is -0.464 e. The topological polar surface area (TPSA) is 115 Å². The Morgan fingerprint density at radius 3 is 2.60 bits per heavy atom. The number of carbonyl (C=O) groups is 2. The van der Waals surface area contributed by atoms with E-state index in [0.29, 0.717) is 0 Å². The number of hydrogen-bond acceptors (Lipinski definition) is 7. The average Bonchev–Trinajstić information content (AvgIpc) is 2.24. The molecular weight excluding hydrogens is 202 g/mol. The molecule has 0 aromatic rings. The van der Waals surface area contributed by atoms with Crippen LogP contribution in [0.15, 0.2) is 5.16 Å². The molecule has 0 aromatic heterocycles. The van der Waals surface area contributed by atoms with Crippen molar-refractivity contribution in [1.29, 1.82) is 5.26 Å². The molecule has 1 atom stereocenters. The van der Waals surface area contributed by atoms with Gasteiger partial charge in [0, 0.05) is 0 Å². The lowest BCUT2D eigenvalue weighted by atomic mass is 10.1. The maximum Gasteiger partial charge on any atom is 0.331 e. The van der Waals surface area contributed by atoms with E-state index in [1.807, 2.05) is 0 Å². The van der Waals surface area contributed by atoms with E-state index in [-0.39, 0.29) is 6.61 Å². The van der Waals surface area contributed by atoms with Gasteiger partial charge in [0.1, 0.15) is 13.2 Å². The number of nitrogens with two attached hydrogens (primary N) is 1. The second-order valence-corrected chi connectivity index (χ2v) is 2.33. The van der Waals surface area contributed by atoms with Crippen LogP contribution in [-0.2, 0) is 19.2 Å². The third-order valence-corrected chi connectivity index (χ3v) is 1.34. The Kier molecular flexibility index (Phi) is 5.66. The zero-order valence-electron chi connectivity index (χ0n) is 8.39. The first-order valence-corrected chi connectivity index (χ1v) is 4.06. The predicted octanol–water partition coefficient (Wildman–Crippen LogP) is -1.03. The third kappa shape index (κ3) is 3.74. The first-order chi connectivity index (χ1) is 7.08. The summed E-state index contributed by atoms with van der Waals surface area (Å²) in [6, 6.07) is -0.0747. The van der Waals surface area contributed by atoms with Gasteiger partial charge < -0.3 is 15.3 Å². The van der Waals surface area contributed by atoms with E-state index in [1.54, 1.807) is 6.92 Å². The van der Waals surface area contributed by atoms with Gasteiger partial charge in [-0.05, 0) is 6.92 Å². The van der Waals surface area contributed by atoms with E-state index in [2.05, 4.69) is 14.7 Å². The van der Waals surface area contributed by atoms with E-state index in [0.717, 1.165) is 0 Å². The molecule has 0 spiro atoms. The molecule has 15 heavy (non-hydrogen) atoms. The van der Waals surface area contributed by atoms with Crippen molar-refractivity contribution in [2.24, 2.45) is 10.9 Å². The zero-order valence-corrected chi connectivity index (χ0v) is 8.39. The highest BCUT2D eigenvalue weighted by atomic mass is 16.6. The predicted molar refractivity (Wildman–Crippen MR) is 49.7 cm³/mol. The minimum atomic E-state index is -1.54. The monoisotopic (exact) mass is 213 g/mol. The van der Waals surface area contributed by atoms with Crippen LogP contribution in [0.3, 0.4) is 0 Å². The molecule has 0 fully saturated rings. The van der Waals surface area contributed by atoms with Crippen LogP contribution in [0, 0.1) is 11.3 Å². The van der Waals surface area contributed by atoms with E-state index >= 15 is 0 Å². The third-order valence-electron chi connectivity index (χ3n) is 1.34. The van der Waals surface area contributed by atoms with Gasteiger partial charge in [-0.1, -0.05) is 5.16 Å². The van der Waals surface area contributed by atoms with Crippen molar-refractivity contribution in [3.63, 3.8) is 0 Å². The van der Waals surface area contributed by atoms with E-state index in [4.69, 9.17) is 11.0 Å². The van der Waals surface area contributed by atoms with Crippen molar-refractivity contribution >= 4 is 17.5 Å². The summed E-state index contributed by atoms with van der Waals surface area (Å²) >= 11 is 0. The number of carbonyl (C=O) groups excluding carboxylic acids is 2. The van der Waals surface area contributed by atoms with Crippen LogP contribution >= 0.6 is 0 Å². The zero-order chi connectivity index (χ0) is 11.8. The highest BCUT2D eigenvalue weighted by Crippen LogP contribution is 1.92. The van der Waals surface area contributed by atoms with Crippen LogP contribution in [0.4, 0.5) is 0 Å². The van der Waals surface area contributed by atoms with Crippen LogP contribution < -0.4 is 5.73 Å². The molecule has 0 bridgehead atoms. The number of hydrogen-bond donors (Lipinski definition) is 1. The Hall–Kier alpha value is -1.94. The van der Waals surface area contributed by atoms with Gasteiger partial charge >= 0.3 is 5.97 Å². The van der Waals surface area contributed by atoms with E-state index < -0.39 is 23.5 Å². The number of oxime groups is 1. The first-order valence-electron chi connectivity index (χ1n) is 4.06. The van der Waals surface area contributed by atoms with Crippen LogP contribution in [0.2, 0.25) is 0 Å². The van der Waals surface area contributed by atoms with E-state index in [1.165, 1.54) is 13.2 Å². The summed E-state index contributed by atoms with van der Waals surface area (Å²) in [5.74, 6) is -1.83. The second kappa shape index (κ2) is 6.50. The molecule has 0 saturated heterocycles. The molecule has 0 rings (SSSR count). The number of esters is 1. The normalized spacial score (nSPS) is 12.5. The molecular formula is C8H11N3O4. The van der Waals surface area contributed by atoms with Crippen molar-refractivity contribution in [2.45, 2.75) is 13.0 Å². The number of rotatable bonds is 5. The highest BCUT2D eigenvalue weighted by molar-refractivity contribution is 6.50. The fourth-order valence-electron chi connectivity index (χ4n) is 0.698. The summed E-state index contributed by atoms with van der Waals surface area (Å²) < 4.78 is 4.51. The SMILES string of the molecule is CCOC(=O)C(N)C(=O)C(C#N)=NOC.